The Balaban J connectivity index is 2.12. The number of nitrogens with one attached hydrogen (secondary N) is 2. The van der Waals surface area contributed by atoms with E-state index in [1.54, 1.807) is 0 Å². The molecule has 20 heavy (non-hydrogen) atoms. The van der Waals surface area contributed by atoms with E-state index in [1.165, 1.54) is 42.6 Å². The standard InChI is InChI=1S/C15H25N3OS/c1-3-5-6-9-18-15-11(10-7-8-10)12(16)13(20-15)14(19)17-4-2/h10,18H,3-9,16H2,1-2H3,(H,17,19). The molecule has 1 aromatic rings. The minimum atomic E-state index is -0.0430. The number of nitrogens with two attached hydrogens (primary N) is 1. The maximum Gasteiger partial charge on any atom is 0.263 e. The number of carbonyl (C=O) groups excluding carboxylic acids is 1. The zero-order chi connectivity index (χ0) is 14.5. The lowest BCUT2D eigenvalue weighted by atomic mass is 10.1. The van der Waals surface area contributed by atoms with Gasteiger partial charge in [0.1, 0.15) is 4.88 Å². The molecular weight excluding hydrogens is 270 g/mol. The van der Waals surface area contributed by atoms with Crippen LogP contribution in [0.2, 0.25) is 0 Å². The summed E-state index contributed by atoms with van der Waals surface area (Å²) in [7, 11) is 0. The Morgan fingerprint density at radius 3 is 2.70 bits per heavy atom. The maximum atomic E-state index is 12.0. The molecule has 0 bridgehead atoms. The molecule has 0 aromatic carbocycles. The second kappa shape index (κ2) is 6.97. The predicted molar refractivity (Wildman–Crippen MR) is 86.7 cm³/mol. The highest BCUT2D eigenvalue weighted by molar-refractivity contribution is 7.18. The van der Waals surface area contributed by atoms with Crippen LogP contribution >= 0.6 is 11.3 Å². The highest BCUT2D eigenvalue weighted by atomic mass is 32.1. The van der Waals surface area contributed by atoms with Crippen molar-refractivity contribution >= 4 is 27.9 Å². The zero-order valence-corrected chi connectivity index (χ0v) is 13.2. The van der Waals surface area contributed by atoms with E-state index in [4.69, 9.17) is 5.73 Å². The Morgan fingerprint density at radius 2 is 2.10 bits per heavy atom. The molecule has 0 saturated heterocycles. The van der Waals surface area contributed by atoms with Crippen molar-refractivity contribution in [1.82, 2.24) is 5.32 Å². The molecule has 2 rings (SSSR count). The molecule has 0 unspecified atom stereocenters. The molecule has 1 aromatic heterocycles. The first kappa shape index (κ1) is 15.2. The van der Waals surface area contributed by atoms with Gasteiger partial charge in [0.25, 0.3) is 5.91 Å². The summed E-state index contributed by atoms with van der Waals surface area (Å²) in [6, 6.07) is 0. The number of carbonyl (C=O) groups is 1. The van der Waals surface area contributed by atoms with E-state index < -0.39 is 0 Å². The fraction of sp³-hybridized carbons (Fsp3) is 0.667. The third-order valence-electron chi connectivity index (χ3n) is 3.58. The summed E-state index contributed by atoms with van der Waals surface area (Å²) in [6.45, 7) is 5.72. The van der Waals surface area contributed by atoms with Crippen molar-refractivity contribution in [2.45, 2.75) is 51.9 Å². The molecule has 112 valence electrons. The normalized spacial score (nSPS) is 14.3. The average Bonchev–Trinajstić information content (AvgIpc) is 3.20. The molecule has 1 aliphatic carbocycles. The molecule has 1 saturated carbocycles. The second-order valence-corrected chi connectivity index (χ2v) is 6.38. The van der Waals surface area contributed by atoms with Gasteiger partial charge in [-0.25, -0.2) is 0 Å². The van der Waals surface area contributed by atoms with Gasteiger partial charge >= 0.3 is 0 Å². The Labute approximate surface area is 125 Å². The molecule has 0 radical (unpaired) electrons. The van der Waals surface area contributed by atoms with Gasteiger partial charge < -0.3 is 16.4 Å². The van der Waals surface area contributed by atoms with E-state index in [0.29, 0.717) is 23.0 Å². The number of anilines is 2. The fourth-order valence-corrected chi connectivity index (χ4v) is 3.50. The van der Waals surface area contributed by atoms with Crippen LogP contribution < -0.4 is 16.4 Å². The first-order valence-corrected chi connectivity index (χ1v) is 8.44. The van der Waals surface area contributed by atoms with Crippen molar-refractivity contribution in [3.63, 3.8) is 0 Å². The molecule has 1 amide bonds. The minimum absolute atomic E-state index is 0.0430. The van der Waals surface area contributed by atoms with Crippen LogP contribution in [0, 0.1) is 0 Å². The summed E-state index contributed by atoms with van der Waals surface area (Å²) in [5.74, 6) is 0.515. The van der Waals surface area contributed by atoms with Gasteiger partial charge in [0.15, 0.2) is 0 Å². The third-order valence-corrected chi connectivity index (χ3v) is 4.76. The van der Waals surface area contributed by atoms with E-state index in [2.05, 4.69) is 17.6 Å². The number of thiophene rings is 1. The minimum Gasteiger partial charge on any atom is -0.397 e. The van der Waals surface area contributed by atoms with Crippen LogP contribution in [0.5, 0.6) is 0 Å². The van der Waals surface area contributed by atoms with Crippen molar-refractivity contribution in [3.05, 3.63) is 10.4 Å². The van der Waals surface area contributed by atoms with E-state index in [-0.39, 0.29) is 5.91 Å². The first-order valence-electron chi connectivity index (χ1n) is 7.63. The van der Waals surface area contributed by atoms with Crippen molar-refractivity contribution in [2.24, 2.45) is 0 Å². The highest BCUT2D eigenvalue weighted by Crippen LogP contribution is 2.50. The summed E-state index contributed by atoms with van der Waals surface area (Å²) < 4.78 is 0. The van der Waals surface area contributed by atoms with Gasteiger partial charge in [-0.1, -0.05) is 19.8 Å². The molecule has 4 N–H and O–H groups in total. The predicted octanol–water partition coefficient (Wildman–Crippen LogP) is 3.56. The van der Waals surface area contributed by atoms with Gasteiger partial charge in [-0.3, -0.25) is 4.79 Å². The summed E-state index contributed by atoms with van der Waals surface area (Å²) in [5.41, 5.74) is 8.10. The lowest BCUT2D eigenvalue weighted by Gasteiger charge is -2.06. The third kappa shape index (κ3) is 3.45. The molecule has 1 aliphatic rings. The monoisotopic (exact) mass is 295 g/mol. The maximum absolute atomic E-state index is 12.0. The van der Waals surface area contributed by atoms with E-state index in [0.717, 1.165) is 18.0 Å². The van der Waals surface area contributed by atoms with E-state index in [9.17, 15) is 4.79 Å². The summed E-state index contributed by atoms with van der Waals surface area (Å²) >= 11 is 1.51. The Kier molecular flexibility index (Phi) is 5.29. The highest BCUT2D eigenvalue weighted by Gasteiger charge is 2.32. The molecule has 1 heterocycles. The van der Waals surface area contributed by atoms with E-state index >= 15 is 0 Å². The lowest BCUT2D eigenvalue weighted by Crippen LogP contribution is -2.22. The average molecular weight is 295 g/mol. The number of rotatable bonds is 8. The quantitative estimate of drug-likeness (QED) is 0.642. The Hall–Kier alpha value is -1.23. The lowest BCUT2D eigenvalue weighted by molar-refractivity contribution is 0.0960. The molecule has 0 spiro atoms. The number of nitrogen functional groups attached to an aromatic ring is 1. The van der Waals surface area contributed by atoms with Crippen LogP contribution in [-0.2, 0) is 0 Å². The van der Waals surface area contributed by atoms with Crippen LogP contribution in [-0.4, -0.2) is 19.0 Å². The molecule has 0 aliphatic heterocycles. The Bertz CT molecular complexity index is 466. The molecule has 5 heteroatoms. The van der Waals surface area contributed by atoms with Crippen molar-refractivity contribution < 1.29 is 4.79 Å². The van der Waals surface area contributed by atoms with Gasteiger partial charge in [0.05, 0.1) is 10.7 Å². The van der Waals surface area contributed by atoms with Crippen LogP contribution in [0.3, 0.4) is 0 Å². The molecule has 4 nitrogen and oxygen atoms in total. The first-order chi connectivity index (χ1) is 9.69. The van der Waals surface area contributed by atoms with Crippen molar-refractivity contribution in [2.75, 3.05) is 24.1 Å². The molecule has 1 fully saturated rings. The van der Waals surface area contributed by atoms with Gasteiger partial charge in [0, 0.05) is 18.7 Å². The van der Waals surface area contributed by atoms with Gasteiger partial charge in [-0.05, 0) is 32.1 Å². The summed E-state index contributed by atoms with van der Waals surface area (Å²) in [6.07, 6.45) is 6.00. The Morgan fingerprint density at radius 1 is 1.35 bits per heavy atom. The van der Waals surface area contributed by atoms with Crippen LogP contribution in [0.1, 0.15) is 67.1 Å². The number of hydrogen-bond donors (Lipinski definition) is 3. The zero-order valence-electron chi connectivity index (χ0n) is 12.4. The van der Waals surface area contributed by atoms with Crippen LogP contribution in [0.4, 0.5) is 10.7 Å². The SMILES string of the molecule is CCCCCNc1sc(C(=O)NCC)c(N)c1C1CC1. The van der Waals surface area contributed by atoms with Gasteiger partial charge in [-0.15, -0.1) is 11.3 Å². The molecular formula is C15H25N3OS. The van der Waals surface area contributed by atoms with Crippen LogP contribution in [0.15, 0.2) is 0 Å². The van der Waals surface area contributed by atoms with Crippen molar-refractivity contribution in [1.29, 1.82) is 0 Å². The topological polar surface area (TPSA) is 67.2 Å². The molecule has 0 atom stereocenters. The fourth-order valence-electron chi connectivity index (χ4n) is 2.35. The summed E-state index contributed by atoms with van der Waals surface area (Å²) in [5, 5.41) is 7.44. The number of hydrogen-bond acceptors (Lipinski definition) is 4. The van der Waals surface area contributed by atoms with Crippen LogP contribution in [0.25, 0.3) is 0 Å². The number of unbranched alkanes of at least 4 members (excludes halogenated alkanes) is 2. The summed E-state index contributed by atoms with van der Waals surface area (Å²) in [4.78, 5) is 12.7. The largest absolute Gasteiger partial charge is 0.397 e. The van der Waals surface area contributed by atoms with Gasteiger partial charge in [0.2, 0.25) is 0 Å². The van der Waals surface area contributed by atoms with E-state index in [1.807, 2.05) is 6.92 Å². The van der Waals surface area contributed by atoms with Crippen molar-refractivity contribution in [3.8, 4) is 0 Å². The smallest absolute Gasteiger partial charge is 0.263 e. The second-order valence-electron chi connectivity index (χ2n) is 5.36. The number of amides is 1. The van der Waals surface area contributed by atoms with Gasteiger partial charge in [-0.2, -0.15) is 0 Å².